The fraction of sp³-hybridized carbons (Fsp3) is 0.364. The van der Waals surface area contributed by atoms with E-state index >= 15 is 0 Å². The SMILES string of the molecule is CC(O)(CO)CNC(=O)c1ccc(Cl)c(N)c1. The molecule has 5 nitrogen and oxygen atoms in total. The highest BCUT2D eigenvalue weighted by Crippen LogP contribution is 2.19. The minimum Gasteiger partial charge on any atom is -0.398 e. The van der Waals surface area contributed by atoms with Crippen molar-refractivity contribution in [1.29, 1.82) is 0 Å². The minimum atomic E-state index is -1.34. The molecule has 0 saturated heterocycles. The molecule has 1 amide bonds. The Morgan fingerprint density at radius 1 is 1.59 bits per heavy atom. The predicted octanol–water partition coefficient (Wildman–Crippen LogP) is 0.395. The average molecular weight is 259 g/mol. The van der Waals surface area contributed by atoms with E-state index in [0.29, 0.717) is 16.3 Å². The van der Waals surface area contributed by atoms with E-state index in [1.165, 1.54) is 25.1 Å². The van der Waals surface area contributed by atoms with E-state index in [0.717, 1.165) is 0 Å². The van der Waals surface area contributed by atoms with Crippen molar-refractivity contribution in [2.75, 3.05) is 18.9 Å². The molecule has 0 bridgehead atoms. The minimum absolute atomic E-state index is 0.0507. The number of hydrogen-bond acceptors (Lipinski definition) is 4. The first-order chi connectivity index (χ1) is 7.85. The molecule has 1 unspecified atom stereocenters. The number of benzene rings is 1. The standard InChI is InChI=1S/C11H15ClN2O3/c1-11(17,6-15)5-14-10(16)7-2-3-8(12)9(13)4-7/h2-4,15,17H,5-6,13H2,1H3,(H,14,16). The number of nitrogens with two attached hydrogens (primary N) is 1. The van der Waals surface area contributed by atoms with Crippen LogP contribution in [0.25, 0.3) is 0 Å². The summed E-state index contributed by atoms with van der Waals surface area (Å²) in [6.45, 7) is 0.935. The summed E-state index contributed by atoms with van der Waals surface area (Å²) in [6.07, 6.45) is 0. The molecule has 1 atom stereocenters. The smallest absolute Gasteiger partial charge is 0.251 e. The van der Waals surface area contributed by atoms with Crippen LogP contribution >= 0.6 is 11.6 Å². The third-order valence-corrected chi connectivity index (χ3v) is 2.57. The molecule has 0 aliphatic carbocycles. The topological polar surface area (TPSA) is 95.6 Å². The monoisotopic (exact) mass is 258 g/mol. The van der Waals surface area contributed by atoms with Gasteiger partial charge in [-0.25, -0.2) is 0 Å². The lowest BCUT2D eigenvalue weighted by Crippen LogP contribution is -2.43. The average Bonchev–Trinajstić information content (AvgIpc) is 2.30. The summed E-state index contributed by atoms with van der Waals surface area (Å²) in [5.74, 6) is -0.387. The molecule has 0 radical (unpaired) electrons. The van der Waals surface area contributed by atoms with Crippen molar-refractivity contribution in [2.24, 2.45) is 0 Å². The zero-order chi connectivity index (χ0) is 13.1. The van der Waals surface area contributed by atoms with Crippen LogP contribution in [-0.4, -0.2) is 34.9 Å². The first kappa shape index (κ1) is 13.8. The second-order valence-corrected chi connectivity index (χ2v) is 4.48. The lowest BCUT2D eigenvalue weighted by molar-refractivity contribution is 0.00320. The number of halogens is 1. The Balaban J connectivity index is 2.68. The maximum Gasteiger partial charge on any atom is 0.251 e. The molecule has 1 rings (SSSR count). The summed E-state index contributed by atoms with van der Waals surface area (Å²) in [6, 6.07) is 4.50. The molecule has 0 aliphatic rings. The van der Waals surface area contributed by atoms with Crippen molar-refractivity contribution in [1.82, 2.24) is 5.32 Å². The second-order valence-electron chi connectivity index (χ2n) is 4.07. The van der Waals surface area contributed by atoms with Crippen molar-refractivity contribution in [3.05, 3.63) is 28.8 Å². The van der Waals surface area contributed by atoms with Crippen molar-refractivity contribution < 1.29 is 15.0 Å². The molecule has 6 heteroatoms. The summed E-state index contributed by atoms with van der Waals surface area (Å²) in [7, 11) is 0. The van der Waals surface area contributed by atoms with E-state index in [4.69, 9.17) is 22.4 Å². The van der Waals surface area contributed by atoms with Crippen molar-refractivity contribution in [2.45, 2.75) is 12.5 Å². The number of hydrogen-bond donors (Lipinski definition) is 4. The maximum absolute atomic E-state index is 11.7. The zero-order valence-corrected chi connectivity index (χ0v) is 10.2. The summed E-state index contributed by atoms with van der Waals surface area (Å²) in [5.41, 5.74) is 4.89. The molecular formula is C11H15ClN2O3. The van der Waals surface area contributed by atoms with Crippen molar-refractivity contribution >= 4 is 23.2 Å². The Labute approximate surface area is 104 Å². The highest BCUT2D eigenvalue weighted by molar-refractivity contribution is 6.33. The van der Waals surface area contributed by atoms with E-state index in [9.17, 15) is 9.90 Å². The molecular weight excluding hydrogens is 244 g/mol. The highest BCUT2D eigenvalue weighted by atomic mass is 35.5. The molecule has 0 fully saturated rings. The number of rotatable bonds is 4. The number of nitrogens with one attached hydrogen (secondary N) is 1. The Bertz CT molecular complexity index is 421. The third kappa shape index (κ3) is 3.89. The first-order valence-electron chi connectivity index (χ1n) is 5.02. The molecule has 0 heterocycles. The van der Waals surface area contributed by atoms with E-state index in [-0.39, 0.29) is 12.5 Å². The number of anilines is 1. The van der Waals surface area contributed by atoms with Gasteiger partial charge in [0.2, 0.25) is 0 Å². The summed E-state index contributed by atoms with van der Waals surface area (Å²) < 4.78 is 0. The Morgan fingerprint density at radius 3 is 2.76 bits per heavy atom. The van der Waals surface area contributed by atoms with Crippen LogP contribution in [0.1, 0.15) is 17.3 Å². The normalized spacial score (nSPS) is 14.1. The van der Waals surface area contributed by atoms with Gasteiger partial charge >= 0.3 is 0 Å². The van der Waals surface area contributed by atoms with Gasteiger partial charge in [0.05, 0.1) is 17.3 Å². The predicted molar refractivity (Wildman–Crippen MR) is 65.9 cm³/mol. The Morgan fingerprint density at radius 2 is 2.24 bits per heavy atom. The quantitative estimate of drug-likeness (QED) is 0.588. The zero-order valence-electron chi connectivity index (χ0n) is 9.40. The van der Waals surface area contributed by atoms with Gasteiger partial charge in [-0.15, -0.1) is 0 Å². The van der Waals surface area contributed by atoms with Gasteiger partial charge in [0.1, 0.15) is 5.60 Å². The molecule has 1 aromatic carbocycles. The Kier molecular flexibility index (Phi) is 4.34. The lowest BCUT2D eigenvalue weighted by Gasteiger charge is -2.20. The number of nitrogen functional groups attached to an aromatic ring is 1. The molecule has 1 aromatic rings. The third-order valence-electron chi connectivity index (χ3n) is 2.23. The van der Waals surface area contributed by atoms with E-state index < -0.39 is 12.2 Å². The van der Waals surface area contributed by atoms with Gasteiger partial charge in [-0.2, -0.15) is 0 Å². The van der Waals surface area contributed by atoms with Crippen LogP contribution in [-0.2, 0) is 0 Å². The number of aliphatic hydroxyl groups is 2. The summed E-state index contributed by atoms with van der Waals surface area (Å²) in [4.78, 5) is 11.7. The van der Waals surface area contributed by atoms with Crippen LogP contribution < -0.4 is 11.1 Å². The van der Waals surface area contributed by atoms with Gasteiger partial charge in [-0.3, -0.25) is 4.79 Å². The van der Waals surface area contributed by atoms with Crippen LogP contribution in [0.2, 0.25) is 5.02 Å². The van der Waals surface area contributed by atoms with Crippen LogP contribution in [0.4, 0.5) is 5.69 Å². The van der Waals surface area contributed by atoms with E-state index in [1.807, 2.05) is 0 Å². The van der Waals surface area contributed by atoms with Gasteiger partial charge < -0.3 is 21.3 Å². The van der Waals surface area contributed by atoms with Crippen LogP contribution in [0.5, 0.6) is 0 Å². The lowest BCUT2D eigenvalue weighted by atomic mass is 10.1. The molecule has 0 spiro atoms. The highest BCUT2D eigenvalue weighted by Gasteiger charge is 2.20. The molecule has 0 aliphatic heterocycles. The summed E-state index contributed by atoms with van der Waals surface area (Å²) in [5, 5.41) is 21.2. The van der Waals surface area contributed by atoms with Gasteiger partial charge in [0, 0.05) is 12.1 Å². The van der Waals surface area contributed by atoms with Gasteiger partial charge in [-0.05, 0) is 25.1 Å². The number of carbonyl (C=O) groups is 1. The number of carbonyl (C=O) groups excluding carboxylic acids is 1. The van der Waals surface area contributed by atoms with Crippen LogP contribution in [0.15, 0.2) is 18.2 Å². The summed E-state index contributed by atoms with van der Waals surface area (Å²) >= 11 is 5.73. The molecule has 0 saturated carbocycles. The van der Waals surface area contributed by atoms with Gasteiger partial charge in [0.15, 0.2) is 0 Å². The van der Waals surface area contributed by atoms with Crippen LogP contribution in [0, 0.1) is 0 Å². The van der Waals surface area contributed by atoms with Crippen LogP contribution in [0.3, 0.4) is 0 Å². The fourth-order valence-electron chi connectivity index (χ4n) is 1.11. The van der Waals surface area contributed by atoms with Crippen molar-refractivity contribution in [3.63, 3.8) is 0 Å². The Hall–Kier alpha value is -1.30. The van der Waals surface area contributed by atoms with E-state index in [2.05, 4.69) is 5.32 Å². The number of aliphatic hydroxyl groups excluding tert-OH is 1. The molecule has 0 aromatic heterocycles. The fourth-order valence-corrected chi connectivity index (χ4v) is 1.23. The largest absolute Gasteiger partial charge is 0.398 e. The molecule has 17 heavy (non-hydrogen) atoms. The first-order valence-corrected chi connectivity index (χ1v) is 5.40. The van der Waals surface area contributed by atoms with E-state index in [1.54, 1.807) is 0 Å². The van der Waals surface area contributed by atoms with Gasteiger partial charge in [-0.1, -0.05) is 11.6 Å². The second kappa shape index (κ2) is 5.35. The molecule has 94 valence electrons. The van der Waals surface area contributed by atoms with Gasteiger partial charge in [0.25, 0.3) is 5.91 Å². The maximum atomic E-state index is 11.7. The van der Waals surface area contributed by atoms with Crippen molar-refractivity contribution in [3.8, 4) is 0 Å². The number of amides is 1. The molecule has 5 N–H and O–H groups in total.